The molecule has 112 valence electrons. The van der Waals surface area contributed by atoms with Gasteiger partial charge in [0, 0.05) is 38.3 Å². The Labute approximate surface area is 117 Å². The number of piperazine rings is 1. The molecule has 0 bridgehead atoms. The normalized spacial score (nSPS) is 39.4. The second-order valence-electron chi connectivity index (χ2n) is 6.50. The van der Waals surface area contributed by atoms with E-state index < -0.39 is 10.2 Å². The predicted octanol–water partition coefficient (Wildman–Crippen LogP) is 0.891. The van der Waals surface area contributed by atoms with Gasteiger partial charge in [0.2, 0.25) is 0 Å². The zero-order valence-electron chi connectivity index (χ0n) is 12.5. The first-order valence-corrected chi connectivity index (χ1v) is 8.70. The molecule has 19 heavy (non-hydrogen) atoms. The van der Waals surface area contributed by atoms with Gasteiger partial charge >= 0.3 is 0 Å². The lowest BCUT2D eigenvalue weighted by Crippen LogP contribution is -2.60. The van der Waals surface area contributed by atoms with Gasteiger partial charge in [0.1, 0.15) is 0 Å². The molecule has 2 saturated heterocycles. The fourth-order valence-electron chi connectivity index (χ4n) is 3.25. The van der Waals surface area contributed by atoms with E-state index in [2.05, 4.69) is 19.2 Å². The van der Waals surface area contributed by atoms with Gasteiger partial charge in [0.25, 0.3) is 10.2 Å². The molecule has 2 aliphatic rings. The molecule has 0 amide bonds. The van der Waals surface area contributed by atoms with Crippen molar-refractivity contribution in [2.75, 3.05) is 26.2 Å². The van der Waals surface area contributed by atoms with Crippen molar-refractivity contribution in [3.63, 3.8) is 0 Å². The minimum absolute atomic E-state index is 0.0359. The molecule has 0 spiro atoms. The van der Waals surface area contributed by atoms with Crippen LogP contribution >= 0.6 is 0 Å². The van der Waals surface area contributed by atoms with Crippen molar-refractivity contribution in [1.29, 1.82) is 0 Å². The summed E-state index contributed by atoms with van der Waals surface area (Å²) in [5, 5.41) is 3.33. The maximum absolute atomic E-state index is 12.8. The molecule has 2 fully saturated rings. The Morgan fingerprint density at radius 2 is 1.58 bits per heavy atom. The first-order chi connectivity index (χ1) is 8.80. The Balaban J connectivity index is 2.16. The van der Waals surface area contributed by atoms with Crippen LogP contribution < -0.4 is 5.32 Å². The Morgan fingerprint density at radius 1 is 1.00 bits per heavy atom. The van der Waals surface area contributed by atoms with Gasteiger partial charge in [0.05, 0.1) is 0 Å². The van der Waals surface area contributed by atoms with Gasteiger partial charge in [-0.2, -0.15) is 17.0 Å². The van der Waals surface area contributed by atoms with Gasteiger partial charge in [-0.1, -0.05) is 13.8 Å². The summed E-state index contributed by atoms with van der Waals surface area (Å²) in [6, 6.07) is 0.263. The van der Waals surface area contributed by atoms with E-state index >= 15 is 0 Å². The maximum atomic E-state index is 12.8. The fourth-order valence-corrected chi connectivity index (χ4v) is 5.38. The van der Waals surface area contributed by atoms with E-state index in [1.54, 1.807) is 8.61 Å². The maximum Gasteiger partial charge on any atom is 0.282 e. The molecule has 0 aromatic carbocycles. The summed E-state index contributed by atoms with van der Waals surface area (Å²) in [6.07, 6.45) is 1.12. The molecule has 1 N–H and O–H groups in total. The topological polar surface area (TPSA) is 52.7 Å². The van der Waals surface area contributed by atoms with E-state index in [0.717, 1.165) is 13.0 Å². The van der Waals surface area contributed by atoms with Gasteiger partial charge in [-0.3, -0.25) is 0 Å². The first kappa shape index (κ1) is 15.2. The van der Waals surface area contributed by atoms with Crippen molar-refractivity contribution in [3.05, 3.63) is 0 Å². The van der Waals surface area contributed by atoms with E-state index in [4.69, 9.17) is 0 Å². The van der Waals surface area contributed by atoms with E-state index in [9.17, 15) is 8.42 Å². The highest BCUT2D eigenvalue weighted by Crippen LogP contribution is 2.26. The van der Waals surface area contributed by atoms with Crippen LogP contribution in [0.15, 0.2) is 0 Å². The molecule has 6 heteroatoms. The van der Waals surface area contributed by atoms with E-state index in [0.29, 0.717) is 31.5 Å². The van der Waals surface area contributed by atoms with Gasteiger partial charge < -0.3 is 5.32 Å². The summed E-state index contributed by atoms with van der Waals surface area (Å²) >= 11 is 0. The second kappa shape index (κ2) is 5.68. The molecule has 0 aromatic rings. The zero-order chi connectivity index (χ0) is 14.2. The van der Waals surface area contributed by atoms with Crippen molar-refractivity contribution in [3.8, 4) is 0 Å². The highest BCUT2D eigenvalue weighted by atomic mass is 32.2. The number of nitrogens with one attached hydrogen (secondary N) is 1. The van der Waals surface area contributed by atoms with Crippen molar-refractivity contribution < 1.29 is 8.42 Å². The molecule has 0 aliphatic carbocycles. The Kier molecular flexibility index (Phi) is 4.55. The van der Waals surface area contributed by atoms with Crippen LogP contribution in [0.3, 0.4) is 0 Å². The lowest BCUT2D eigenvalue weighted by atomic mass is 9.94. The standard InChI is InChI=1S/C13H27N3O2S/c1-10-5-11(2)8-15(7-10)19(17,18)16-9-12(3)14-6-13(16)4/h10-14H,5-9H2,1-4H3. The summed E-state index contributed by atoms with van der Waals surface area (Å²) in [5.74, 6) is 0.906. The fraction of sp³-hybridized carbons (Fsp3) is 1.00. The Bertz CT molecular complexity index is 402. The lowest BCUT2D eigenvalue weighted by molar-refractivity contribution is 0.184. The Hall–Kier alpha value is -0.170. The molecular weight excluding hydrogens is 262 g/mol. The number of hydrogen-bond donors (Lipinski definition) is 1. The third-order valence-corrected chi connectivity index (χ3v) is 6.22. The molecule has 0 saturated carbocycles. The van der Waals surface area contributed by atoms with Gasteiger partial charge in [-0.05, 0) is 32.1 Å². The molecule has 5 nitrogen and oxygen atoms in total. The average molecular weight is 289 g/mol. The van der Waals surface area contributed by atoms with Crippen molar-refractivity contribution in [2.24, 2.45) is 11.8 Å². The SMILES string of the molecule is CC1CC(C)CN(S(=O)(=O)N2CC(C)NCC2C)C1. The molecule has 2 rings (SSSR count). The summed E-state index contributed by atoms with van der Waals surface area (Å²) in [6.45, 7) is 10.9. The van der Waals surface area contributed by atoms with Crippen LogP contribution in [0, 0.1) is 11.8 Å². The quantitative estimate of drug-likeness (QED) is 0.821. The summed E-state index contributed by atoms with van der Waals surface area (Å²) < 4.78 is 29.0. The van der Waals surface area contributed by atoms with Gasteiger partial charge in [0.15, 0.2) is 0 Å². The molecule has 0 radical (unpaired) electrons. The second-order valence-corrected chi connectivity index (χ2v) is 8.38. The van der Waals surface area contributed by atoms with Crippen LogP contribution in [-0.4, -0.2) is 55.3 Å². The Morgan fingerprint density at radius 3 is 2.16 bits per heavy atom. The predicted molar refractivity (Wildman–Crippen MR) is 77.1 cm³/mol. The van der Waals surface area contributed by atoms with E-state index in [-0.39, 0.29) is 12.1 Å². The minimum Gasteiger partial charge on any atom is -0.311 e. The van der Waals surface area contributed by atoms with Crippen molar-refractivity contribution >= 4 is 10.2 Å². The average Bonchev–Trinajstić information content (AvgIpc) is 2.31. The molecule has 4 unspecified atom stereocenters. The minimum atomic E-state index is -3.31. The van der Waals surface area contributed by atoms with Crippen LogP contribution in [0.1, 0.15) is 34.1 Å². The molecule has 4 atom stereocenters. The number of nitrogens with zero attached hydrogens (tertiary/aromatic N) is 2. The number of hydrogen-bond acceptors (Lipinski definition) is 3. The van der Waals surface area contributed by atoms with Crippen LogP contribution in [-0.2, 0) is 10.2 Å². The summed E-state index contributed by atoms with van der Waals surface area (Å²) in [5.41, 5.74) is 0. The van der Waals surface area contributed by atoms with Gasteiger partial charge in [-0.25, -0.2) is 0 Å². The number of rotatable bonds is 2. The smallest absolute Gasteiger partial charge is 0.282 e. The van der Waals surface area contributed by atoms with E-state index in [1.807, 2.05) is 13.8 Å². The molecule has 2 aliphatic heterocycles. The molecule has 2 heterocycles. The van der Waals surface area contributed by atoms with Crippen LogP contribution in [0.25, 0.3) is 0 Å². The zero-order valence-corrected chi connectivity index (χ0v) is 13.3. The third-order valence-electron chi connectivity index (χ3n) is 4.17. The van der Waals surface area contributed by atoms with Crippen molar-refractivity contribution in [2.45, 2.75) is 46.2 Å². The molecule has 0 aromatic heterocycles. The van der Waals surface area contributed by atoms with Crippen LogP contribution in [0.4, 0.5) is 0 Å². The molecular formula is C13H27N3O2S. The van der Waals surface area contributed by atoms with Crippen LogP contribution in [0.2, 0.25) is 0 Å². The van der Waals surface area contributed by atoms with Gasteiger partial charge in [-0.15, -0.1) is 0 Å². The monoisotopic (exact) mass is 289 g/mol. The van der Waals surface area contributed by atoms with E-state index in [1.165, 1.54) is 0 Å². The number of piperidine rings is 1. The summed E-state index contributed by atoms with van der Waals surface area (Å²) in [7, 11) is -3.31. The first-order valence-electron chi connectivity index (χ1n) is 7.31. The summed E-state index contributed by atoms with van der Waals surface area (Å²) in [4.78, 5) is 0. The lowest BCUT2D eigenvalue weighted by Gasteiger charge is -2.42. The third kappa shape index (κ3) is 3.29. The highest BCUT2D eigenvalue weighted by Gasteiger charge is 2.39. The largest absolute Gasteiger partial charge is 0.311 e. The van der Waals surface area contributed by atoms with Crippen LogP contribution in [0.5, 0.6) is 0 Å². The van der Waals surface area contributed by atoms with Crippen molar-refractivity contribution in [1.82, 2.24) is 13.9 Å². The highest BCUT2D eigenvalue weighted by molar-refractivity contribution is 7.86.